The summed E-state index contributed by atoms with van der Waals surface area (Å²) in [5.74, 6) is -0.304. The summed E-state index contributed by atoms with van der Waals surface area (Å²) in [4.78, 5) is 0.618. The second kappa shape index (κ2) is 6.69. The van der Waals surface area contributed by atoms with Gasteiger partial charge in [-0.3, -0.25) is 0 Å². The topological polar surface area (TPSA) is 29.1 Å². The molecule has 0 radical (unpaired) electrons. The molecule has 0 amide bonds. The van der Waals surface area contributed by atoms with Crippen LogP contribution in [0.4, 0.5) is 4.39 Å². The normalized spacial score (nSPS) is 12.7. The molecule has 2 nitrogen and oxygen atoms in total. The number of hydrogen-bond acceptors (Lipinski definition) is 1. The zero-order valence-electron chi connectivity index (χ0n) is 8.83. The third-order valence-corrected chi connectivity index (χ3v) is 3.21. The zero-order valence-corrected chi connectivity index (χ0v) is 9.65. The van der Waals surface area contributed by atoms with E-state index in [0.29, 0.717) is 4.90 Å². The van der Waals surface area contributed by atoms with Crippen LogP contribution < -0.4 is 4.72 Å². The van der Waals surface area contributed by atoms with Crippen LogP contribution in [0, 0.1) is 5.82 Å². The Kier molecular flexibility index (Phi) is 5.50. The lowest BCUT2D eigenvalue weighted by Gasteiger charge is -2.03. The summed E-state index contributed by atoms with van der Waals surface area (Å²) in [6.45, 7) is 2.86. The largest absolute Gasteiger partial charge is 0.238 e. The summed E-state index contributed by atoms with van der Waals surface area (Å²) in [5, 5.41) is 0. The number of rotatable bonds is 6. The van der Waals surface area contributed by atoms with Gasteiger partial charge in [-0.25, -0.2) is 13.3 Å². The average Bonchev–Trinajstić information content (AvgIpc) is 2.25. The van der Waals surface area contributed by atoms with E-state index in [9.17, 15) is 8.60 Å². The van der Waals surface area contributed by atoms with Gasteiger partial charge in [-0.1, -0.05) is 19.8 Å². The summed E-state index contributed by atoms with van der Waals surface area (Å²) in [6.07, 6.45) is 3.29. The second-order valence-corrected chi connectivity index (χ2v) is 4.62. The maximum absolute atomic E-state index is 12.6. The highest BCUT2D eigenvalue weighted by molar-refractivity contribution is 7.83. The molecule has 0 aliphatic rings. The van der Waals surface area contributed by atoms with E-state index in [-0.39, 0.29) is 5.82 Å². The van der Waals surface area contributed by atoms with E-state index in [1.165, 1.54) is 24.3 Å². The van der Waals surface area contributed by atoms with Crippen LogP contribution in [-0.4, -0.2) is 10.8 Å². The summed E-state index contributed by atoms with van der Waals surface area (Å²) < 4.78 is 27.1. The Bertz CT molecular complexity index is 313. The molecule has 0 aliphatic heterocycles. The molecule has 0 spiro atoms. The van der Waals surface area contributed by atoms with Gasteiger partial charge >= 0.3 is 0 Å². The van der Waals surface area contributed by atoms with Crippen molar-refractivity contribution < 1.29 is 8.60 Å². The van der Waals surface area contributed by atoms with Gasteiger partial charge in [0.15, 0.2) is 0 Å². The fraction of sp³-hybridized carbons (Fsp3) is 0.455. The van der Waals surface area contributed by atoms with Crippen LogP contribution in [0.25, 0.3) is 0 Å². The molecular weight excluding hydrogens is 213 g/mol. The molecule has 1 aromatic carbocycles. The van der Waals surface area contributed by atoms with Gasteiger partial charge in [0.1, 0.15) is 16.8 Å². The standard InChI is InChI=1S/C11H16FNOS/c1-2-3-4-9-13-15(14)11-7-5-10(12)6-8-11/h5-8,13H,2-4,9H2,1H3. The summed E-state index contributed by atoms with van der Waals surface area (Å²) in [5.41, 5.74) is 0. The molecule has 0 bridgehead atoms. The average molecular weight is 229 g/mol. The minimum Gasteiger partial charge on any atom is -0.238 e. The van der Waals surface area contributed by atoms with Crippen molar-refractivity contribution in [2.24, 2.45) is 0 Å². The molecular formula is C11H16FNOS. The third-order valence-electron chi connectivity index (χ3n) is 2.04. The lowest BCUT2D eigenvalue weighted by atomic mass is 10.3. The molecule has 0 saturated carbocycles. The van der Waals surface area contributed by atoms with Crippen LogP contribution in [0.5, 0.6) is 0 Å². The molecule has 0 fully saturated rings. The van der Waals surface area contributed by atoms with Gasteiger partial charge in [-0.15, -0.1) is 0 Å². The van der Waals surface area contributed by atoms with Gasteiger partial charge < -0.3 is 0 Å². The maximum atomic E-state index is 12.6. The van der Waals surface area contributed by atoms with E-state index < -0.39 is 11.0 Å². The SMILES string of the molecule is CCCCCNS(=O)c1ccc(F)cc1. The fourth-order valence-electron chi connectivity index (χ4n) is 1.18. The molecule has 84 valence electrons. The van der Waals surface area contributed by atoms with E-state index in [4.69, 9.17) is 0 Å². The van der Waals surface area contributed by atoms with E-state index in [1.54, 1.807) is 0 Å². The minimum atomic E-state index is -1.21. The van der Waals surface area contributed by atoms with Crippen molar-refractivity contribution in [1.29, 1.82) is 0 Å². The second-order valence-electron chi connectivity index (χ2n) is 3.32. The molecule has 0 heterocycles. The third kappa shape index (κ3) is 4.53. The molecule has 0 aromatic heterocycles. The van der Waals surface area contributed by atoms with Crippen molar-refractivity contribution in [2.45, 2.75) is 31.1 Å². The highest BCUT2D eigenvalue weighted by atomic mass is 32.2. The molecule has 0 saturated heterocycles. The molecule has 1 aromatic rings. The monoisotopic (exact) mass is 229 g/mol. The van der Waals surface area contributed by atoms with Crippen molar-refractivity contribution in [3.63, 3.8) is 0 Å². The van der Waals surface area contributed by atoms with Crippen LogP contribution in [0.2, 0.25) is 0 Å². The summed E-state index contributed by atoms with van der Waals surface area (Å²) in [6, 6.07) is 5.72. The smallest absolute Gasteiger partial charge is 0.124 e. The molecule has 1 atom stereocenters. The first-order valence-electron chi connectivity index (χ1n) is 5.15. The Balaban J connectivity index is 2.37. The van der Waals surface area contributed by atoms with Gasteiger partial charge in [-0.05, 0) is 30.7 Å². The number of unbranched alkanes of at least 4 members (excludes halogenated alkanes) is 2. The van der Waals surface area contributed by atoms with Crippen molar-refractivity contribution in [3.8, 4) is 0 Å². The summed E-state index contributed by atoms with van der Waals surface area (Å²) in [7, 11) is -1.21. The first-order valence-corrected chi connectivity index (χ1v) is 6.30. The van der Waals surface area contributed by atoms with Crippen LogP contribution in [0.15, 0.2) is 29.2 Å². The Morgan fingerprint density at radius 3 is 2.53 bits per heavy atom. The quantitative estimate of drug-likeness (QED) is 0.746. The van der Waals surface area contributed by atoms with Crippen LogP contribution >= 0.6 is 0 Å². The fourth-order valence-corrected chi connectivity index (χ4v) is 2.06. The molecule has 1 unspecified atom stereocenters. The Hall–Kier alpha value is -0.740. The Morgan fingerprint density at radius 1 is 1.27 bits per heavy atom. The number of benzene rings is 1. The number of nitrogens with one attached hydrogen (secondary N) is 1. The molecule has 0 aliphatic carbocycles. The van der Waals surface area contributed by atoms with E-state index >= 15 is 0 Å². The maximum Gasteiger partial charge on any atom is 0.124 e. The molecule has 4 heteroatoms. The predicted octanol–water partition coefficient (Wildman–Crippen LogP) is 2.63. The van der Waals surface area contributed by atoms with Crippen LogP contribution in [0.1, 0.15) is 26.2 Å². The molecule has 1 rings (SSSR count). The lowest BCUT2D eigenvalue weighted by molar-refractivity contribution is 0.625. The molecule has 1 N–H and O–H groups in total. The predicted molar refractivity (Wildman–Crippen MR) is 60.3 cm³/mol. The van der Waals surface area contributed by atoms with Gasteiger partial charge in [0.05, 0.1) is 4.90 Å². The van der Waals surface area contributed by atoms with Gasteiger partial charge in [0, 0.05) is 6.54 Å². The van der Waals surface area contributed by atoms with Crippen molar-refractivity contribution in [1.82, 2.24) is 4.72 Å². The number of halogens is 1. The first kappa shape index (κ1) is 12.3. The summed E-state index contributed by atoms with van der Waals surface area (Å²) >= 11 is 0. The Morgan fingerprint density at radius 2 is 1.93 bits per heavy atom. The van der Waals surface area contributed by atoms with Gasteiger partial charge in [0.2, 0.25) is 0 Å². The highest BCUT2D eigenvalue weighted by Crippen LogP contribution is 2.06. The van der Waals surface area contributed by atoms with E-state index in [1.807, 2.05) is 0 Å². The van der Waals surface area contributed by atoms with Gasteiger partial charge in [0.25, 0.3) is 0 Å². The van der Waals surface area contributed by atoms with Gasteiger partial charge in [-0.2, -0.15) is 0 Å². The van der Waals surface area contributed by atoms with E-state index in [2.05, 4.69) is 11.6 Å². The number of hydrogen-bond donors (Lipinski definition) is 1. The van der Waals surface area contributed by atoms with Crippen molar-refractivity contribution in [2.75, 3.05) is 6.54 Å². The Labute approximate surface area is 92.5 Å². The minimum absolute atomic E-state index is 0.304. The van der Waals surface area contributed by atoms with E-state index in [0.717, 1.165) is 25.8 Å². The van der Waals surface area contributed by atoms with Crippen LogP contribution in [0.3, 0.4) is 0 Å². The van der Waals surface area contributed by atoms with Crippen LogP contribution in [-0.2, 0) is 11.0 Å². The first-order chi connectivity index (χ1) is 7.24. The lowest BCUT2D eigenvalue weighted by Crippen LogP contribution is -2.18. The zero-order chi connectivity index (χ0) is 11.1. The highest BCUT2D eigenvalue weighted by Gasteiger charge is 2.02. The van der Waals surface area contributed by atoms with Crippen molar-refractivity contribution >= 4 is 11.0 Å². The van der Waals surface area contributed by atoms with Crippen molar-refractivity contribution in [3.05, 3.63) is 30.1 Å². The molecule has 15 heavy (non-hydrogen) atoms.